The predicted octanol–water partition coefficient (Wildman–Crippen LogP) is 3.59. The molecule has 6 heteroatoms. The van der Waals surface area contributed by atoms with Crippen molar-refractivity contribution in [2.75, 3.05) is 13.2 Å². The molecule has 0 unspecified atom stereocenters. The minimum atomic E-state index is -4.45. The highest BCUT2D eigenvalue weighted by molar-refractivity contribution is 5.51. The number of ether oxygens (including phenoxy) is 2. The Labute approximate surface area is 121 Å². The molecule has 1 aliphatic heterocycles. The Morgan fingerprint density at radius 2 is 1.52 bits per heavy atom. The molecule has 3 nitrogen and oxygen atoms in total. The van der Waals surface area contributed by atoms with E-state index in [1.165, 1.54) is 6.07 Å². The summed E-state index contributed by atoms with van der Waals surface area (Å²) in [6.07, 6.45) is -0.601. The van der Waals surface area contributed by atoms with E-state index in [1.807, 2.05) is 0 Å². The standard InChI is InChI=1S/C15H18F3NO2/c16-15(17,18)11-9-13-12(20-6-7-21-13)8-10(11)14(19)4-2-1-3-5-14/h8-9H,1-7,19H2. The van der Waals surface area contributed by atoms with E-state index >= 15 is 0 Å². The number of halogens is 3. The topological polar surface area (TPSA) is 44.5 Å². The molecular weight excluding hydrogens is 283 g/mol. The molecule has 0 atom stereocenters. The van der Waals surface area contributed by atoms with Gasteiger partial charge in [0.05, 0.1) is 5.56 Å². The zero-order chi connectivity index (χ0) is 15.1. The third-order valence-electron chi connectivity index (χ3n) is 4.27. The maximum Gasteiger partial charge on any atom is 0.416 e. The second-order valence-electron chi connectivity index (χ2n) is 5.76. The molecule has 1 fully saturated rings. The van der Waals surface area contributed by atoms with Crippen LogP contribution in [-0.2, 0) is 11.7 Å². The molecule has 0 aromatic heterocycles. The van der Waals surface area contributed by atoms with Gasteiger partial charge in [-0.1, -0.05) is 19.3 Å². The van der Waals surface area contributed by atoms with Gasteiger partial charge in [0.25, 0.3) is 0 Å². The van der Waals surface area contributed by atoms with Gasteiger partial charge < -0.3 is 15.2 Å². The zero-order valence-corrected chi connectivity index (χ0v) is 11.6. The molecule has 1 aromatic carbocycles. The van der Waals surface area contributed by atoms with E-state index in [4.69, 9.17) is 15.2 Å². The molecule has 0 spiro atoms. The van der Waals surface area contributed by atoms with E-state index in [9.17, 15) is 13.2 Å². The van der Waals surface area contributed by atoms with Gasteiger partial charge in [-0.15, -0.1) is 0 Å². The van der Waals surface area contributed by atoms with Gasteiger partial charge in [0.1, 0.15) is 13.2 Å². The van der Waals surface area contributed by atoms with Crippen LogP contribution < -0.4 is 15.2 Å². The van der Waals surface area contributed by atoms with Crippen molar-refractivity contribution in [2.45, 2.75) is 43.8 Å². The molecule has 0 bridgehead atoms. The first kappa shape index (κ1) is 14.5. The van der Waals surface area contributed by atoms with Crippen LogP contribution in [0.4, 0.5) is 13.2 Å². The van der Waals surface area contributed by atoms with Crippen LogP contribution in [-0.4, -0.2) is 13.2 Å². The predicted molar refractivity (Wildman–Crippen MR) is 71.4 cm³/mol. The Morgan fingerprint density at radius 1 is 0.952 bits per heavy atom. The fraction of sp³-hybridized carbons (Fsp3) is 0.600. The number of hydrogen-bond donors (Lipinski definition) is 1. The quantitative estimate of drug-likeness (QED) is 0.862. The first-order chi connectivity index (χ1) is 9.90. The Balaban J connectivity index is 2.12. The highest BCUT2D eigenvalue weighted by atomic mass is 19.4. The largest absolute Gasteiger partial charge is 0.486 e. The summed E-state index contributed by atoms with van der Waals surface area (Å²) < 4.78 is 50.9. The maximum absolute atomic E-state index is 13.4. The summed E-state index contributed by atoms with van der Waals surface area (Å²) in [7, 11) is 0. The third-order valence-corrected chi connectivity index (χ3v) is 4.27. The summed E-state index contributed by atoms with van der Waals surface area (Å²) in [5.74, 6) is 0.511. The van der Waals surface area contributed by atoms with E-state index < -0.39 is 17.3 Å². The summed E-state index contributed by atoms with van der Waals surface area (Å²) in [4.78, 5) is 0. The Morgan fingerprint density at radius 3 is 2.10 bits per heavy atom. The van der Waals surface area contributed by atoms with Crippen molar-refractivity contribution < 1.29 is 22.6 Å². The number of rotatable bonds is 1. The van der Waals surface area contributed by atoms with Crippen LogP contribution in [0.2, 0.25) is 0 Å². The number of hydrogen-bond acceptors (Lipinski definition) is 3. The first-order valence-corrected chi connectivity index (χ1v) is 7.20. The maximum atomic E-state index is 13.4. The lowest BCUT2D eigenvalue weighted by molar-refractivity contribution is -0.139. The fourth-order valence-electron chi connectivity index (χ4n) is 3.19. The molecule has 3 rings (SSSR count). The van der Waals surface area contributed by atoms with Gasteiger partial charge in [-0.3, -0.25) is 0 Å². The first-order valence-electron chi connectivity index (χ1n) is 7.20. The summed E-state index contributed by atoms with van der Waals surface area (Å²) in [5, 5.41) is 0. The average Bonchev–Trinajstić information content (AvgIpc) is 2.46. The van der Waals surface area contributed by atoms with Crippen LogP contribution >= 0.6 is 0 Å². The van der Waals surface area contributed by atoms with Crippen LogP contribution in [0, 0.1) is 0 Å². The second-order valence-corrected chi connectivity index (χ2v) is 5.76. The van der Waals surface area contributed by atoms with E-state index in [2.05, 4.69) is 0 Å². The van der Waals surface area contributed by atoms with Gasteiger partial charge in [0.2, 0.25) is 0 Å². The molecule has 1 aromatic rings. The molecule has 1 aliphatic carbocycles. The minimum Gasteiger partial charge on any atom is -0.486 e. The monoisotopic (exact) mass is 301 g/mol. The zero-order valence-electron chi connectivity index (χ0n) is 11.6. The van der Waals surface area contributed by atoms with Crippen LogP contribution in [0.3, 0.4) is 0 Å². The average molecular weight is 301 g/mol. The van der Waals surface area contributed by atoms with Crippen LogP contribution in [0.5, 0.6) is 11.5 Å². The van der Waals surface area contributed by atoms with Crippen LogP contribution in [0.15, 0.2) is 12.1 Å². The highest BCUT2D eigenvalue weighted by Gasteiger charge is 2.42. The normalized spacial score (nSPS) is 21.1. The van der Waals surface area contributed by atoms with Gasteiger partial charge >= 0.3 is 6.18 Å². The van der Waals surface area contributed by atoms with Crippen molar-refractivity contribution in [3.8, 4) is 11.5 Å². The summed E-state index contributed by atoms with van der Waals surface area (Å²) >= 11 is 0. The van der Waals surface area contributed by atoms with Crippen molar-refractivity contribution in [3.05, 3.63) is 23.3 Å². The van der Waals surface area contributed by atoms with Gasteiger partial charge in [0, 0.05) is 5.54 Å². The molecule has 0 radical (unpaired) electrons. The molecule has 0 saturated heterocycles. The Kier molecular flexibility index (Phi) is 3.51. The van der Waals surface area contributed by atoms with Crippen LogP contribution in [0.25, 0.3) is 0 Å². The number of benzene rings is 1. The number of fused-ring (bicyclic) bond motifs is 1. The Bertz CT molecular complexity index is 536. The van der Waals surface area contributed by atoms with Crippen molar-refractivity contribution in [1.29, 1.82) is 0 Å². The van der Waals surface area contributed by atoms with E-state index in [0.29, 0.717) is 25.2 Å². The van der Waals surface area contributed by atoms with Gasteiger partial charge in [-0.25, -0.2) is 0 Å². The molecule has 1 heterocycles. The summed E-state index contributed by atoms with van der Waals surface area (Å²) in [5.41, 5.74) is 4.82. The molecule has 2 aliphatic rings. The van der Waals surface area contributed by atoms with E-state index in [-0.39, 0.29) is 17.9 Å². The lowest BCUT2D eigenvalue weighted by Crippen LogP contribution is -2.40. The number of nitrogens with two attached hydrogens (primary N) is 1. The van der Waals surface area contributed by atoms with Crippen molar-refractivity contribution in [1.82, 2.24) is 0 Å². The van der Waals surface area contributed by atoms with E-state index in [1.54, 1.807) is 0 Å². The smallest absolute Gasteiger partial charge is 0.416 e. The second kappa shape index (κ2) is 5.09. The summed E-state index contributed by atoms with van der Waals surface area (Å²) in [6, 6.07) is 2.47. The molecular formula is C15H18F3NO2. The Hall–Kier alpha value is -1.43. The van der Waals surface area contributed by atoms with Gasteiger partial charge in [-0.2, -0.15) is 13.2 Å². The number of alkyl halides is 3. The van der Waals surface area contributed by atoms with Crippen LogP contribution in [0.1, 0.15) is 43.2 Å². The molecule has 1 saturated carbocycles. The van der Waals surface area contributed by atoms with Gasteiger partial charge in [-0.05, 0) is 30.5 Å². The molecule has 116 valence electrons. The van der Waals surface area contributed by atoms with E-state index in [0.717, 1.165) is 25.3 Å². The lowest BCUT2D eigenvalue weighted by Gasteiger charge is -2.36. The van der Waals surface area contributed by atoms with Crippen molar-refractivity contribution in [3.63, 3.8) is 0 Å². The molecule has 0 amide bonds. The lowest BCUT2D eigenvalue weighted by atomic mass is 9.75. The van der Waals surface area contributed by atoms with Gasteiger partial charge in [0.15, 0.2) is 11.5 Å². The SMILES string of the molecule is NC1(c2cc3c(cc2C(F)(F)F)OCCO3)CCCCC1. The third kappa shape index (κ3) is 2.69. The molecule has 2 N–H and O–H groups in total. The van der Waals surface area contributed by atoms with Crippen molar-refractivity contribution in [2.24, 2.45) is 5.73 Å². The fourth-order valence-corrected chi connectivity index (χ4v) is 3.19. The van der Waals surface area contributed by atoms with Crippen molar-refractivity contribution >= 4 is 0 Å². The minimum absolute atomic E-state index is 0.138. The highest BCUT2D eigenvalue weighted by Crippen LogP contribution is 2.46. The molecule has 21 heavy (non-hydrogen) atoms. The summed E-state index contributed by atoms with van der Waals surface area (Å²) in [6.45, 7) is 0.604.